The van der Waals surface area contributed by atoms with E-state index in [1.54, 1.807) is 11.6 Å². The average molecular weight is 334 g/mol. The zero-order valence-electron chi connectivity index (χ0n) is 14.8. The Morgan fingerprint density at radius 2 is 2.08 bits per heavy atom. The van der Waals surface area contributed by atoms with Gasteiger partial charge < -0.3 is 14.4 Å². The van der Waals surface area contributed by atoms with Gasteiger partial charge in [-0.1, -0.05) is 0 Å². The molecule has 2 rings (SSSR count). The van der Waals surface area contributed by atoms with Crippen LogP contribution in [0.3, 0.4) is 0 Å². The van der Waals surface area contributed by atoms with E-state index in [-0.39, 0.29) is 18.1 Å². The van der Waals surface area contributed by atoms with Crippen molar-refractivity contribution >= 4 is 5.97 Å². The van der Waals surface area contributed by atoms with Gasteiger partial charge in [-0.15, -0.1) is 0 Å². The van der Waals surface area contributed by atoms with Crippen molar-refractivity contribution in [3.8, 4) is 11.8 Å². The maximum Gasteiger partial charge on any atom is 0.345 e. The second kappa shape index (κ2) is 7.87. The summed E-state index contributed by atoms with van der Waals surface area (Å²) in [5.74, 6) is 0.0812. The number of carbonyl (C=O) groups is 1. The van der Waals surface area contributed by atoms with Crippen molar-refractivity contribution in [1.29, 1.82) is 0 Å². The number of nitrogens with zero attached hydrogens (tertiary/aromatic N) is 4. The summed E-state index contributed by atoms with van der Waals surface area (Å²) in [5.41, 5.74) is 1.99. The number of nitrogens with one attached hydrogen (secondary N) is 1. The van der Waals surface area contributed by atoms with Crippen molar-refractivity contribution in [2.24, 2.45) is 0 Å². The minimum absolute atomic E-state index is 0.215. The van der Waals surface area contributed by atoms with Gasteiger partial charge >= 0.3 is 5.97 Å². The lowest BCUT2D eigenvalue weighted by atomic mass is 10.3. The Morgan fingerprint density at radius 1 is 1.33 bits per heavy atom. The fourth-order valence-corrected chi connectivity index (χ4v) is 2.10. The van der Waals surface area contributed by atoms with Gasteiger partial charge in [-0.25, -0.2) is 14.5 Å². The molecule has 8 nitrogen and oxygen atoms in total. The van der Waals surface area contributed by atoms with E-state index >= 15 is 0 Å². The van der Waals surface area contributed by atoms with Crippen LogP contribution in [0.15, 0.2) is 12.3 Å². The van der Waals surface area contributed by atoms with E-state index < -0.39 is 5.97 Å². The number of carbonyl (C=O) groups excluding carboxylic acids is 1. The molecule has 0 bridgehead atoms. The van der Waals surface area contributed by atoms with Crippen LogP contribution in [-0.4, -0.2) is 59.6 Å². The molecule has 0 fully saturated rings. The molecule has 0 saturated heterocycles. The molecule has 0 radical (unpaired) electrons. The van der Waals surface area contributed by atoms with Crippen LogP contribution >= 0.6 is 0 Å². The number of hydrogen-bond donors (Lipinski definition) is 1. The number of hydrogen-bond acceptors (Lipinski definition) is 6. The van der Waals surface area contributed by atoms with Crippen LogP contribution in [0.1, 0.15) is 28.7 Å². The van der Waals surface area contributed by atoms with Crippen LogP contribution in [0.25, 0.3) is 5.95 Å². The molecule has 0 spiro atoms. The molecule has 2 aromatic rings. The van der Waals surface area contributed by atoms with Gasteiger partial charge in [-0.05, 0) is 26.8 Å². The fourth-order valence-electron chi connectivity index (χ4n) is 2.10. The maximum absolute atomic E-state index is 12.1. The first-order valence-corrected chi connectivity index (χ1v) is 7.92. The topological polar surface area (TPSA) is 83.6 Å². The van der Waals surface area contributed by atoms with Gasteiger partial charge in [0, 0.05) is 5.69 Å². The summed E-state index contributed by atoms with van der Waals surface area (Å²) in [7, 11) is 4.05. The Morgan fingerprint density at radius 3 is 2.67 bits per heavy atom. The number of esters is 1. The van der Waals surface area contributed by atoms with E-state index in [4.69, 9.17) is 9.47 Å². The highest BCUT2D eigenvalue weighted by Crippen LogP contribution is 2.18. The fraction of sp³-hybridized carbons (Fsp3) is 0.500. The molecule has 0 atom stereocenters. The average Bonchev–Trinajstić information content (AvgIpc) is 2.85. The number of likely N-dealkylation sites (N-methyl/N-ethyl adjacent to an activating group) is 1. The summed E-state index contributed by atoms with van der Waals surface area (Å²) in [4.78, 5) is 21.9. The third-order valence-corrected chi connectivity index (χ3v) is 3.28. The first kappa shape index (κ1) is 17.9. The predicted molar refractivity (Wildman–Crippen MR) is 87.8 cm³/mol. The number of aromatic nitrogens is 4. The van der Waals surface area contributed by atoms with E-state index in [0.717, 1.165) is 17.9 Å². The molecule has 8 heteroatoms. The first-order chi connectivity index (χ1) is 11.4. The Labute approximate surface area is 141 Å². The maximum atomic E-state index is 12.1. The molecule has 0 aliphatic carbocycles. The SMILES string of the molecule is CCOC(=O)c1cnc(-n2nc(C)cc2C)nc1OCC[NH+](C)C. The van der Waals surface area contributed by atoms with E-state index in [1.807, 2.05) is 34.0 Å². The van der Waals surface area contributed by atoms with Crippen LogP contribution in [-0.2, 0) is 4.74 Å². The Bertz CT molecular complexity index is 712. The predicted octanol–water partition coefficient (Wildman–Crippen LogP) is -0.0209. The molecule has 0 aliphatic heterocycles. The second-order valence-corrected chi connectivity index (χ2v) is 5.75. The van der Waals surface area contributed by atoms with Crippen LogP contribution < -0.4 is 9.64 Å². The molecule has 0 amide bonds. The van der Waals surface area contributed by atoms with Gasteiger partial charge in [0.05, 0.1) is 32.6 Å². The van der Waals surface area contributed by atoms with Crippen LogP contribution in [0, 0.1) is 13.8 Å². The molecule has 2 heterocycles. The molecule has 0 unspecified atom stereocenters. The van der Waals surface area contributed by atoms with Crippen molar-refractivity contribution in [2.45, 2.75) is 20.8 Å². The standard InChI is InChI=1S/C16H23N5O3/c1-6-23-15(22)13-10-17-16(21-12(3)9-11(2)19-21)18-14(13)24-8-7-20(4)5/h9-10H,6-8H2,1-5H3/p+1. The molecule has 1 N–H and O–H groups in total. The lowest BCUT2D eigenvalue weighted by Gasteiger charge is -2.12. The van der Waals surface area contributed by atoms with Gasteiger partial charge in [0.25, 0.3) is 5.95 Å². The van der Waals surface area contributed by atoms with Crippen molar-refractivity contribution in [3.05, 3.63) is 29.2 Å². The largest absolute Gasteiger partial charge is 0.471 e. The third kappa shape index (κ3) is 4.29. The van der Waals surface area contributed by atoms with Gasteiger partial charge in [0.1, 0.15) is 18.7 Å². The molecule has 2 aromatic heterocycles. The van der Waals surface area contributed by atoms with Gasteiger partial charge in [-0.2, -0.15) is 10.1 Å². The summed E-state index contributed by atoms with van der Waals surface area (Å²) in [6.45, 7) is 7.05. The zero-order chi connectivity index (χ0) is 17.7. The van der Waals surface area contributed by atoms with Crippen molar-refractivity contribution in [2.75, 3.05) is 33.9 Å². The summed E-state index contributed by atoms with van der Waals surface area (Å²) in [5, 5.41) is 4.36. The summed E-state index contributed by atoms with van der Waals surface area (Å²) in [6, 6.07) is 1.93. The van der Waals surface area contributed by atoms with Crippen LogP contribution in [0.4, 0.5) is 0 Å². The minimum atomic E-state index is -0.496. The Balaban J connectivity index is 2.35. The number of rotatable bonds is 7. The highest BCUT2D eigenvalue weighted by Gasteiger charge is 2.19. The normalized spacial score (nSPS) is 10.9. The molecule has 24 heavy (non-hydrogen) atoms. The lowest BCUT2D eigenvalue weighted by molar-refractivity contribution is -0.858. The van der Waals surface area contributed by atoms with Gasteiger partial charge in [-0.3, -0.25) is 0 Å². The summed E-state index contributed by atoms with van der Waals surface area (Å²) >= 11 is 0. The van der Waals surface area contributed by atoms with E-state index in [1.165, 1.54) is 11.1 Å². The summed E-state index contributed by atoms with van der Waals surface area (Å²) in [6.07, 6.45) is 1.43. The molecule has 0 aliphatic rings. The molecule has 0 aromatic carbocycles. The molecule has 0 saturated carbocycles. The van der Waals surface area contributed by atoms with Gasteiger partial charge in [0.15, 0.2) is 0 Å². The quantitative estimate of drug-likeness (QED) is 0.717. The summed E-state index contributed by atoms with van der Waals surface area (Å²) < 4.78 is 12.4. The number of aryl methyl sites for hydroxylation is 2. The molecule has 130 valence electrons. The minimum Gasteiger partial charge on any atom is -0.471 e. The molecular weight excluding hydrogens is 310 g/mol. The zero-order valence-corrected chi connectivity index (χ0v) is 14.8. The Hall–Kier alpha value is -2.48. The van der Waals surface area contributed by atoms with E-state index in [0.29, 0.717) is 12.6 Å². The van der Waals surface area contributed by atoms with Gasteiger partial charge in [0.2, 0.25) is 5.88 Å². The lowest BCUT2D eigenvalue weighted by Crippen LogP contribution is -3.06. The number of quaternary nitrogens is 1. The van der Waals surface area contributed by atoms with E-state index in [9.17, 15) is 4.79 Å². The van der Waals surface area contributed by atoms with E-state index in [2.05, 4.69) is 15.1 Å². The van der Waals surface area contributed by atoms with Crippen molar-refractivity contribution in [1.82, 2.24) is 19.7 Å². The second-order valence-electron chi connectivity index (χ2n) is 5.75. The first-order valence-electron chi connectivity index (χ1n) is 7.92. The molecular formula is C16H24N5O3+. The van der Waals surface area contributed by atoms with Crippen LogP contribution in [0.2, 0.25) is 0 Å². The highest BCUT2D eigenvalue weighted by molar-refractivity contribution is 5.91. The smallest absolute Gasteiger partial charge is 0.345 e. The Kier molecular flexibility index (Phi) is 5.86. The monoisotopic (exact) mass is 334 g/mol. The number of ether oxygens (including phenoxy) is 2. The third-order valence-electron chi connectivity index (χ3n) is 3.28. The van der Waals surface area contributed by atoms with Crippen molar-refractivity contribution < 1.29 is 19.2 Å². The van der Waals surface area contributed by atoms with Crippen molar-refractivity contribution in [3.63, 3.8) is 0 Å². The highest BCUT2D eigenvalue weighted by atomic mass is 16.5. The van der Waals surface area contributed by atoms with Crippen LogP contribution in [0.5, 0.6) is 5.88 Å².